The fraction of sp³-hybridized carbons (Fsp3) is 1.00. The highest BCUT2D eigenvalue weighted by molar-refractivity contribution is 4.96. The molecule has 0 bridgehead atoms. The minimum atomic E-state index is 0.587. The summed E-state index contributed by atoms with van der Waals surface area (Å²) in [6, 6.07) is 0.644. The van der Waals surface area contributed by atoms with E-state index in [-0.39, 0.29) is 0 Å². The summed E-state index contributed by atoms with van der Waals surface area (Å²) in [6.07, 6.45) is 2.80. The molecule has 3 nitrogen and oxygen atoms in total. The normalized spacial score (nSPS) is 30.2. The molecule has 2 fully saturated rings. The van der Waals surface area contributed by atoms with Crippen molar-refractivity contribution >= 4 is 0 Å². The van der Waals surface area contributed by atoms with Gasteiger partial charge in [-0.2, -0.15) is 0 Å². The van der Waals surface area contributed by atoms with Gasteiger partial charge in [-0.05, 0) is 32.2 Å². The molecule has 2 rings (SSSR count). The first-order chi connectivity index (χ1) is 6.60. The van der Waals surface area contributed by atoms with Gasteiger partial charge in [0.2, 0.25) is 0 Å². The Kier molecular flexibility index (Phi) is 2.82. The number of hydrogen-bond donors (Lipinski definition) is 1. The van der Waals surface area contributed by atoms with Gasteiger partial charge in [0.1, 0.15) is 0 Å². The molecule has 1 aliphatic carbocycles. The van der Waals surface area contributed by atoms with Gasteiger partial charge in [-0.1, -0.05) is 6.92 Å². The lowest BCUT2D eigenvalue weighted by atomic mass is 10.0. The monoisotopic (exact) mass is 197 g/mol. The van der Waals surface area contributed by atoms with Crippen molar-refractivity contribution in [1.82, 2.24) is 15.3 Å². The van der Waals surface area contributed by atoms with Gasteiger partial charge in [0.15, 0.2) is 0 Å². The first-order valence-electron chi connectivity index (χ1n) is 5.80. The summed E-state index contributed by atoms with van der Waals surface area (Å²) in [5.41, 5.74) is 4.24. The molecular formula is C11H23N3. The molecule has 0 amide bonds. The highest BCUT2D eigenvalue weighted by Crippen LogP contribution is 2.47. The molecular weight excluding hydrogens is 174 g/mol. The maximum Gasteiger partial charge on any atom is 0.0259 e. The Morgan fingerprint density at radius 3 is 2.21 bits per heavy atom. The van der Waals surface area contributed by atoms with E-state index in [2.05, 4.69) is 36.2 Å². The average Bonchev–Trinajstić information content (AvgIpc) is 2.89. The topological polar surface area (TPSA) is 18.5 Å². The Labute approximate surface area is 87.4 Å². The zero-order valence-electron chi connectivity index (χ0n) is 9.71. The molecule has 1 aliphatic heterocycles. The van der Waals surface area contributed by atoms with Crippen LogP contribution in [-0.2, 0) is 0 Å². The summed E-state index contributed by atoms with van der Waals surface area (Å²) in [5.74, 6) is 0. The number of rotatable bonds is 3. The van der Waals surface area contributed by atoms with E-state index in [0.29, 0.717) is 11.5 Å². The quantitative estimate of drug-likeness (QED) is 0.726. The third kappa shape index (κ3) is 2.27. The molecule has 1 atom stereocenters. The molecule has 0 aromatic carbocycles. The Balaban J connectivity index is 1.75. The fourth-order valence-corrected chi connectivity index (χ4v) is 2.00. The first kappa shape index (κ1) is 10.4. The zero-order chi connectivity index (χ0) is 10.2. The van der Waals surface area contributed by atoms with E-state index in [1.807, 2.05) is 0 Å². The van der Waals surface area contributed by atoms with Crippen molar-refractivity contribution in [2.75, 3.05) is 33.2 Å². The molecule has 1 N–H and O–H groups in total. The highest BCUT2D eigenvalue weighted by atomic mass is 15.5. The minimum absolute atomic E-state index is 0.587. The molecule has 1 saturated heterocycles. The summed E-state index contributed by atoms with van der Waals surface area (Å²) < 4.78 is 0. The van der Waals surface area contributed by atoms with Crippen LogP contribution in [0.3, 0.4) is 0 Å². The van der Waals surface area contributed by atoms with Crippen LogP contribution in [0.1, 0.15) is 26.7 Å². The van der Waals surface area contributed by atoms with Gasteiger partial charge < -0.3 is 4.90 Å². The van der Waals surface area contributed by atoms with Crippen molar-refractivity contribution in [3.63, 3.8) is 0 Å². The summed E-state index contributed by atoms with van der Waals surface area (Å²) in [6.45, 7) is 9.42. The Morgan fingerprint density at radius 1 is 1.14 bits per heavy atom. The van der Waals surface area contributed by atoms with Crippen molar-refractivity contribution in [2.45, 2.75) is 32.7 Å². The minimum Gasteiger partial charge on any atom is -0.304 e. The van der Waals surface area contributed by atoms with Crippen LogP contribution in [0.15, 0.2) is 0 Å². The number of hydrogen-bond acceptors (Lipinski definition) is 3. The number of nitrogens with zero attached hydrogens (tertiary/aromatic N) is 2. The van der Waals surface area contributed by atoms with Gasteiger partial charge in [0.25, 0.3) is 0 Å². The average molecular weight is 197 g/mol. The Hall–Kier alpha value is -0.120. The largest absolute Gasteiger partial charge is 0.304 e. The van der Waals surface area contributed by atoms with Crippen LogP contribution in [0.4, 0.5) is 0 Å². The summed E-state index contributed by atoms with van der Waals surface area (Å²) in [5, 5.41) is 2.40. The Bertz CT molecular complexity index is 193. The number of nitrogens with one attached hydrogen (secondary N) is 1. The molecule has 1 unspecified atom stereocenters. The standard InChI is InChI=1S/C11H23N3/c1-10(11(2)4-5-11)12-14-8-6-13(3)7-9-14/h10,12H,4-9H2,1-3H3. The number of likely N-dealkylation sites (N-methyl/N-ethyl adjacent to an activating group) is 1. The van der Waals surface area contributed by atoms with E-state index in [0.717, 1.165) is 13.1 Å². The third-order valence-corrected chi connectivity index (χ3v) is 3.96. The van der Waals surface area contributed by atoms with Gasteiger partial charge in [-0.15, -0.1) is 0 Å². The number of hydrazine groups is 1. The second-order valence-corrected chi connectivity index (χ2v) is 5.30. The lowest BCUT2D eigenvalue weighted by molar-refractivity contribution is 0.0758. The van der Waals surface area contributed by atoms with Gasteiger partial charge in [-0.3, -0.25) is 5.43 Å². The second-order valence-electron chi connectivity index (χ2n) is 5.30. The maximum absolute atomic E-state index is 3.65. The molecule has 0 aromatic heterocycles. The van der Waals surface area contributed by atoms with Crippen LogP contribution in [-0.4, -0.2) is 49.2 Å². The first-order valence-corrected chi connectivity index (χ1v) is 5.80. The van der Waals surface area contributed by atoms with Gasteiger partial charge in [-0.25, -0.2) is 5.01 Å². The van der Waals surface area contributed by atoms with Crippen molar-refractivity contribution in [3.8, 4) is 0 Å². The molecule has 82 valence electrons. The van der Waals surface area contributed by atoms with Crippen LogP contribution in [0.2, 0.25) is 0 Å². The fourth-order valence-electron chi connectivity index (χ4n) is 2.00. The molecule has 14 heavy (non-hydrogen) atoms. The predicted molar refractivity (Wildman–Crippen MR) is 59.0 cm³/mol. The molecule has 0 spiro atoms. The van der Waals surface area contributed by atoms with E-state index in [9.17, 15) is 0 Å². The van der Waals surface area contributed by atoms with Crippen LogP contribution < -0.4 is 5.43 Å². The van der Waals surface area contributed by atoms with Crippen molar-refractivity contribution in [3.05, 3.63) is 0 Å². The molecule has 2 aliphatic rings. The maximum atomic E-state index is 3.65. The van der Waals surface area contributed by atoms with E-state index in [4.69, 9.17) is 0 Å². The van der Waals surface area contributed by atoms with Crippen molar-refractivity contribution < 1.29 is 0 Å². The van der Waals surface area contributed by atoms with Gasteiger partial charge >= 0.3 is 0 Å². The smallest absolute Gasteiger partial charge is 0.0259 e. The predicted octanol–water partition coefficient (Wildman–Crippen LogP) is 0.927. The molecule has 1 saturated carbocycles. The van der Waals surface area contributed by atoms with E-state index < -0.39 is 0 Å². The van der Waals surface area contributed by atoms with Crippen LogP contribution >= 0.6 is 0 Å². The van der Waals surface area contributed by atoms with Crippen LogP contribution in [0.5, 0.6) is 0 Å². The second kappa shape index (κ2) is 3.80. The molecule has 3 heteroatoms. The lowest BCUT2D eigenvalue weighted by Crippen LogP contribution is -2.54. The number of piperazine rings is 1. The van der Waals surface area contributed by atoms with Crippen LogP contribution in [0.25, 0.3) is 0 Å². The van der Waals surface area contributed by atoms with E-state index >= 15 is 0 Å². The highest BCUT2D eigenvalue weighted by Gasteiger charge is 2.43. The molecule has 1 heterocycles. The Morgan fingerprint density at radius 2 is 1.71 bits per heavy atom. The summed E-state index contributed by atoms with van der Waals surface area (Å²) >= 11 is 0. The van der Waals surface area contributed by atoms with E-state index in [1.165, 1.54) is 25.9 Å². The van der Waals surface area contributed by atoms with Crippen molar-refractivity contribution in [1.29, 1.82) is 0 Å². The van der Waals surface area contributed by atoms with E-state index in [1.54, 1.807) is 0 Å². The zero-order valence-corrected chi connectivity index (χ0v) is 9.71. The lowest BCUT2D eigenvalue weighted by Gasteiger charge is -2.36. The van der Waals surface area contributed by atoms with Gasteiger partial charge in [0, 0.05) is 32.2 Å². The molecule has 0 radical (unpaired) electrons. The van der Waals surface area contributed by atoms with Crippen LogP contribution in [0, 0.1) is 5.41 Å². The van der Waals surface area contributed by atoms with Crippen molar-refractivity contribution in [2.24, 2.45) is 5.41 Å². The molecule has 0 aromatic rings. The summed E-state index contributed by atoms with van der Waals surface area (Å²) in [7, 11) is 2.20. The summed E-state index contributed by atoms with van der Waals surface area (Å²) in [4.78, 5) is 2.39. The van der Waals surface area contributed by atoms with Gasteiger partial charge in [0.05, 0.1) is 0 Å². The SMILES string of the molecule is CC(NN1CCN(C)CC1)C1(C)CC1. The third-order valence-electron chi connectivity index (χ3n) is 3.96.